The average Bonchev–Trinajstić information content (AvgIpc) is 2.57. The van der Waals surface area contributed by atoms with Gasteiger partial charge in [-0.15, -0.1) is 0 Å². The first-order valence-electron chi connectivity index (χ1n) is 7.44. The van der Waals surface area contributed by atoms with E-state index in [4.69, 9.17) is 0 Å². The Morgan fingerprint density at radius 3 is 2.17 bits per heavy atom. The molecule has 124 valence electrons. The van der Waals surface area contributed by atoms with Crippen LogP contribution in [0, 0.1) is 6.92 Å². The summed E-state index contributed by atoms with van der Waals surface area (Å²) in [5.74, 6) is -1.59. The number of nitrogens with one attached hydrogen (secondary N) is 2. The summed E-state index contributed by atoms with van der Waals surface area (Å²) >= 11 is 0. The number of benzene rings is 2. The quantitative estimate of drug-likeness (QED) is 0.514. The molecule has 0 aliphatic rings. The van der Waals surface area contributed by atoms with Crippen molar-refractivity contribution in [2.45, 2.75) is 6.92 Å². The van der Waals surface area contributed by atoms with E-state index in [1.54, 1.807) is 12.1 Å². The normalized spacial score (nSPS) is 10.5. The Morgan fingerprint density at radius 2 is 1.58 bits per heavy atom. The molecule has 2 aromatic carbocycles. The van der Waals surface area contributed by atoms with Crippen LogP contribution in [0.2, 0.25) is 0 Å². The zero-order valence-corrected chi connectivity index (χ0v) is 13.9. The van der Waals surface area contributed by atoms with Gasteiger partial charge in [0.05, 0.1) is 6.21 Å². The van der Waals surface area contributed by atoms with Crippen LogP contribution in [0.5, 0.6) is 0 Å². The first-order chi connectivity index (χ1) is 11.5. The molecule has 0 spiro atoms. The molecule has 0 aliphatic carbocycles. The van der Waals surface area contributed by atoms with Crippen molar-refractivity contribution in [2.24, 2.45) is 5.10 Å². The Balaban J connectivity index is 1.87. The van der Waals surface area contributed by atoms with Crippen LogP contribution >= 0.6 is 0 Å². The van der Waals surface area contributed by atoms with Crippen molar-refractivity contribution in [3.63, 3.8) is 0 Å². The number of carbonyl (C=O) groups excluding carboxylic acids is 2. The largest absolute Gasteiger partial charge is 0.378 e. The standard InChI is InChI=1S/C18H20N4O2/c1-13-4-8-15(9-5-13)20-17(23)18(24)21-19-12-14-6-10-16(11-7-14)22(2)3/h4-12H,1-3H3,(H,20,23)(H,21,24). The van der Waals surface area contributed by atoms with Gasteiger partial charge in [0, 0.05) is 25.5 Å². The van der Waals surface area contributed by atoms with Gasteiger partial charge in [-0.05, 0) is 36.8 Å². The van der Waals surface area contributed by atoms with E-state index < -0.39 is 11.8 Å². The lowest BCUT2D eigenvalue weighted by atomic mass is 10.2. The maximum Gasteiger partial charge on any atom is 0.329 e. The Bertz CT molecular complexity index is 735. The van der Waals surface area contributed by atoms with Crippen LogP contribution in [-0.4, -0.2) is 32.1 Å². The summed E-state index contributed by atoms with van der Waals surface area (Å²) in [5, 5.41) is 6.30. The lowest BCUT2D eigenvalue weighted by Crippen LogP contribution is -2.32. The summed E-state index contributed by atoms with van der Waals surface area (Å²) in [6.07, 6.45) is 1.48. The second kappa shape index (κ2) is 7.92. The number of rotatable bonds is 4. The number of aryl methyl sites for hydroxylation is 1. The number of amides is 2. The fraction of sp³-hybridized carbons (Fsp3) is 0.167. The molecular weight excluding hydrogens is 304 g/mol. The Morgan fingerprint density at radius 1 is 0.958 bits per heavy atom. The lowest BCUT2D eigenvalue weighted by Gasteiger charge is -2.11. The fourth-order valence-corrected chi connectivity index (χ4v) is 1.90. The summed E-state index contributed by atoms with van der Waals surface area (Å²) in [6, 6.07) is 14.8. The minimum Gasteiger partial charge on any atom is -0.378 e. The van der Waals surface area contributed by atoms with E-state index in [2.05, 4.69) is 15.8 Å². The number of hydrazone groups is 1. The molecule has 0 aliphatic heterocycles. The highest BCUT2D eigenvalue weighted by atomic mass is 16.2. The molecule has 2 amide bonds. The van der Waals surface area contributed by atoms with Crippen LogP contribution in [0.1, 0.15) is 11.1 Å². The maximum absolute atomic E-state index is 11.8. The van der Waals surface area contributed by atoms with Crippen LogP contribution < -0.4 is 15.6 Å². The van der Waals surface area contributed by atoms with E-state index in [0.717, 1.165) is 16.8 Å². The highest BCUT2D eigenvalue weighted by Crippen LogP contribution is 2.11. The second-order valence-electron chi connectivity index (χ2n) is 5.51. The number of nitrogens with zero attached hydrogens (tertiary/aromatic N) is 2. The number of hydrogen-bond acceptors (Lipinski definition) is 4. The number of anilines is 2. The zero-order chi connectivity index (χ0) is 17.5. The predicted molar refractivity (Wildman–Crippen MR) is 96.3 cm³/mol. The van der Waals surface area contributed by atoms with Gasteiger partial charge in [0.15, 0.2) is 0 Å². The van der Waals surface area contributed by atoms with Gasteiger partial charge in [-0.3, -0.25) is 9.59 Å². The van der Waals surface area contributed by atoms with Gasteiger partial charge in [0.1, 0.15) is 0 Å². The smallest absolute Gasteiger partial charge is 0.329 e. The third kappa shape index (κ3) is 4.95. The van der Waals surface area contributed by atoms with Crippen LogP contribution in [-0.2, 0) is 9.59 Å². The molecule has 6 nitrogen and oxygen atoms in total. The van der Waals surface area contributed by atoms with Gasteiger partial charge in [-0.2, -0.15) is 5.10 Å². The average molecular weight is 324 g/mol. The van der Waals surface area contributed by atoms with Crippen molar-refractivity contribution in [1.82, 2.24) is 5.43 Å². The molecule has 0 heterocycles. The zero-order valence-electron chi connectivity index (χ0n) is 13.9. The molecule has 0 saturated heterocycles. The van der Waals surface area contributed by atoms with Crippen molar-refractivity contribution in [3.8, 4) is 0 Å². The minimum atomic E-state index is -0.822. The summed E-state index contributed by atoms with van der Waals surface area (Å²) in [7, 11) is 3.91. The van der Waals surface area contributed by atoms with Gasteiger partial charge in [0.25, 0.3) is 0 Å². The molecule has 0 unspecified atom stereocenters. The van der Waals surface area contributed by atoms with Gasteiger partial charge in [0.2, 0.25) is 0 Å². The van der Waals surface area contributed by atoms with Crippen LogP contribution in [0.3, 0.4) is 0 Å². The third-order valence-electron chi connectivity index (χ3n) is 3.30. The Kier molecular flexibility index (Phi) is 5.68. The minimum absolute atomic E-state index is 0.559. The van der Waals surface area contributed by atoms with E-state index in [1.165, 1.54) is 6.21 Å². The lowest BCUT2D eigenvalue weighted by molar-refractivity contribution is -0.136. The summed E-state index contributed by atoms with van der Waals surface area (Å²) in [6.45, 7) is 1.94. The van der Waals surface area contributed by atoms with Gasteiger partial charge < -0.3 is 10.2 Å². The second-order valence-corrected chi connectivity index (χ2v) is 5.51. The summed E-state index contributed by atoms with van der Waals surface area (Å²) < 4.78 is 0. The molecular formula is C18H20N4O2. The van der Waals surface area contributed by atoms with E-state index in [1.807, 2.05) is 62.3 Å². The van der Waals surface area contributed by atoms with E-state index in [-0.39, 0.29) is 0 Å². The molecule has 2 aromatic rings. The molecule has 6 heteroatoms. The van der Waals surface area contributed by atoms with Crippen molar-refractivity contribution in [2.75, 3.05) is 24.3 Å². The Labute approximate surface area is 141 Å². The first-order valence-corrected chi connectivity index (χ1v) is 7.44. The monoisotopic (exact) mass is 324 g/mol. The molecule has 2 rings (SSSR count). The van der Waals surface area contributed by atoms with Crippen LogP contribution in [0.15, 0.2) is 53.6 Å². The highest BCUT2D eigenvalue weighted by molar-refractivity contribution is 6.39. The van der Waals surface area contributed by atoms with E-state index in [0.29, 0.717) is 5.69 Å². The molecule has 0 fully saturated rings. The van der Waals surface area contributed by atoms with Crippen molar-refractivity contribution < 1.29 is 9.59 Å². The van der Waals surface area contributed by atoms with Crippen molar-refractivity contribution in [1.29, 1.82) is 0 Å². The van der Waals surface area contributed by atoms with E-state index >= 15 is 0 Å². The molecule has 0 radical (unpaired) electrons. The molecule has 0 saturated carbocycles. The molecule has 0 atom stereocenters. The topological polar surface area (TPSA) is 73.8 Å². The van der Waals surface area contributed by atoms with Crippen molar-refractivity contribution >= 4 is 29.4 Å². The van der Waals surface area contributed by atoms with Gasteiger partial charge in [-0.25, -0.2) is 5.43 Å². The SMILES string of the molecule is Cc1ccc(NC(=O)C(=O)NN=Cc2ccc(N(C)C)cc2)cc1. The highest BCUT2D eigenvalue weighted by Gasteiger charge is 2.12. The van der Waals surface area contributed by atoms with Crippen LogP contribution in [0.4, 0.5) is 11.4 Å². The van der Waals surface area contributed by atoms with Crippen LogP contribution in [0.25, 0.3) is 0 Å². The van der Waals surface area contributed by atoms with Crippen molar-refractivity contribution in [3.05, 3.63) is 59.7 Å². The predicted octanol–water partition coefficient (Wildman–Crippen LogP) is 2.15. The van der Waals surface area contributed by atoms with Gasteiger partial charge >= 0.3 is 11.8 Å². The van der Waals surface area contributed by atoms with Gasteiger partial charge in [-0.1, -0.05) is 29.8 Å². The molecule has 0 bridgehead atoms. The molecule has 0 aromatic heterocycles. The fourth-order valence-electron chi connectivity index (χ4n) is 1.90. The summed E-state index contributed by atoms with van der Waals surface area (Å²) in [5.41, 5.74) is 5.72. The third-order valence-corrected chi connectivity index (χ3v) is 3.30. The Hall–Kier alpha value is -3.15. The first kappa shape index (κ1) is 17.2. The summed E-state index contributed by atoms with van der Waals surface area (Å²) in [4.78, 5) is 25.4. The van der Waals surface area contributed by atoms with E-state index in [9.17, 15) is 9.59 Å². The maximum atomic E-state index is 11.8. The molecule has 24 heavy (non-hydrogen) atoms. The molecule has 2 N–H and O–H groups in total. The number of hydrogen-bond donors (Lipinski definition) is 2. The number of carbonyl (C=O) groups is 2.